The number of halogens is 3. The van der Waals surface area contributed by atoms with Crippen LogP contribution in [0.3, 0.4) is 0 Å². The molecular formula is C30H30F3N5O7S. The van der Waals surface area contributed by atoms with Crippen LogP contribution in [0.25, 0.3) is 10.9 Å². The number of fused-ring (bicyclic) bond motifs is 1. The Hall–Kier alpha value is -5.25. The van der Waals surface area contributed by atoms with Gasteiger partial charge in [0.1, 0.15) is 17.2 Å². The number of primary amides is 2. The van der Waals surface area contributed by atoms with Crippen molar-refractivity contribution >= 4 is 50.0 Å². The molecule has 0 fully saturated rings. The third-order valence-electron chi connectivity index (χ3n) is 6.82. The molecule has 0 spiro atoms. The number of ether oxygens (including phenoxy) is 2. The SMILES string of the molecule is CC(C)(c1cccc(NC(=O)c2cc3ccc(NS(=O)(=O)CCC(N)=O)cc3[nH]2)c1)c1cc(OCC(N)=O)cc(OC(F)(F)F)c1. The number of nitrogens with two attached hydrogens (primary N) is 2. The molecule has 46 heavy (non-hydrogen) atoms. The molecule has 0 saturated carbocycles. The summed E-state index contributed by atoms with van der Waals surface area (Å²) in [6.45, 7) is 2.93. The molecule has 1 heterocycles. The van der Waals surface area contributed by atoms with E-state index in [1.54, 1.807) is 50.2 Å². The monoisotopic (exact) mass is 661 g/mol. The van der Waals surface area contributed by atoms with Gasteiger partial charge < -0.3 is 31.2 Å². The van der Waals surface area contributed by atoms with Gasteiger partial charge in [0.15, 0.2) is 6.61 Å². The van der Waals surface area contributed by atoms with Gasteiger partial charge in [-0.3, -0.25) is 19.1 Å². The average Bonchev–Trinajstić information content (AvgIpc) is 3.38. The maximum absolute atomic E-state index is 13.2. The Balaban J connectivity index is 1.55. The Morgan fingerprint density at radius 2 is 1.59 bits per heavy atom. The van der Waals surface area contributed by atoms with E-state index in [0.29, 0.717) is 27.7 Å². The lowest BCUT2D eigenvalue weighted by Gasteiger charge is -2.28. The summed E-state index contributed by atoms with van der Waals surface area (Å²) in [5.74, 6) is -3.18. The van der Waals surface area contributed by atoms with Gasteiger partial charge in [-0.25, -0.2) is 8.42 Å². The Morgan fingerprint density at radius 3 is 2.26 bits per heavy atom. The van der Waals surface area contributed by atoms with Crippen LogP contribution in [0.1, 0.15) is 41.9 Å². The van der Waals surface area contributed by atoms with Crippen LogP contribution in [0.5, 0.6) is 11.5 Å². The normalized spacial score (nSPS) is 12.0. The molecule has 12 nitrogen and oxygen atoms in total. The van der Waals surface area contributed by atoms with Gasteiger partial charge in [0, 0.05) is 34.5 Å². The number of rotatable bonds is 13. The maximum Gasteiger partial charge on any atom is 0.573 e. The van der Waals surface area contributed by atoms with Gasteiger partial charge in [-0.2, -0.15) is 0 Å². The minimum Gasteiger partial charge on any atom is -0.484 e. The number of carbonyl (C=O) groups excluding carboxylic acids is 3. The number of hydrogen-bond acceptors (Lipinski definition) is 7. The second kappa shape index (κ2) is 13.0. The zero-order valence-electron chi connectivity index (χ0n) is 24.5. The predicted molar refractivity (Wildman–Crippen MR) is 164 cm³/mol. The smallest absolute Gasteiger partial charge is 0.484 e. The molecule has 0 atom stereocenters. The standard InChI is InChI=1S/C30H30F3N5O7S/c1-29(2,19-12-22(44-16-27(35)40)15-23(13-19)45-30(31,32)33)18-4-3-5-20(11-18)36-28(41)25-10-17-6-7-21(14-24(17)37-25)38-46(42,43)9-8-26(34)39/h3-7,10-15,37-38H,8-9,16H2,1-2H3,(H2,34,39)(H2,35,40)(H,36,41). The topological polar surface area (TPSA) is 196 Å². The van der Waals surface area contributed by atoms with Gasteiger partial charge >= 0.3 is 6.36 Å². The molecule has 0 aliphatic carbocycles. The summed E-state index contributed by atoms with van der Waals surface area (Å²) < 4.78 is 75.3. The van der Waals surface area contributed by atoms with Crippen molar-refractivity contribution in [3.05, 3.63) is 83.6 Å². The van der Waals surface area contributed by atoms with E-state index in [-0.39, 0.29) is 23.6 Å². The summed E-state index contributed by atoms with van der Waals surface area (Å²) in [5, 5.41) is 3.40. The number of H-pyrrole nitrogens is 1. The second-order valence-corrected chi connectivity index (χ2v) is 12.6. The molecule has 0 radical (unpaired) electrons. The number of carbonyl (C=O) groups is 3. The van der Waals surface area contributed by atoms with E-state index in [4.69, 9.17) is 16.2 Å². The number of amides is 3. The molecule has 0 aliphatic heterocycles. The third-order valence-corrected chi connectivity index (χ3v) is 8.10. The van der Waals surface area contributed by atoms with Crippen molar-refractivity contribution in [1.29, 1.82) is 0 Å². The number of hydrogen-bond donors (Lipinski definition) is 5. The largest absolute Gasteiger partial charge is 0.573 e. The fraction of sp³-hybridized carbons (Fsp3) is 0.233. The molecule has 244 valence electrons. The molecule has 7 N–H and O–H groups in total. The molecular weight excluding hydrogens is 631 g/mol. The number of alkyl halides is 3. The van der Waals surface area contributed by atoms with Gasteiger partial charge in [0.05, 0.1) is 11.4 Å². The van der Waals surface area contributed by atoms with Gasteiger partial charge in [0.25, 0.3) is 11.8 Å². The molecule has 4 rings (SSSR count). The summed E-state index contributed by atoms with van der Waals surface area (Å²) in [6.07, 6.45) is -5.31. The maximum atomic E-state index is 13.2. The Bertz CT molecular complexity index is 1910. The highest BCUT2D eigenvalue weighted by atomic mass is 32.2. The fourth-order valence-electron chi connectivity index (χ4n) is 4.49. The molecule has 3 amide bonds. The van der Waals surface area contributed by atoms with Crippen LogP contribution in [0.2, 0.25) is 0 Å². The number of nitrogens with one attached hydrogen (secondary N) is 3. The zero-order chi connectivity index (χ0) is 33.9. The first-order valence-corrected chi connectivity index (χ1v) is 15.2. The first kappa shape index (κ1) is 33.6. The third kappa shape index (κ3) is 8.90. The van der Waals surface area contributed by atoms with Gasteiger partial charge in [-0.05, 0) is 53.6 Å². The van der Waals surface area contributed by atoms with E-state index < -0.39 is 57.6 Å². The van der Waals surface area contributed by atoms with E-state index in [1.165, 1.54) is 24.3 Å². The predicted octanol–water partition coefficient (Wildman–Crippen LogP) is 4.13. The van der Waals surface area contributed by atoms with Crippen LogP contribution in [-0.4, -0.2) is 49.8 Å². The van der Waals surface area contributed by atoms with Gasteiger partial charge in [0.2, 0.25) is 15.9 Å². The number of benzene rings is 3. The summed E-state index contributed by atoms with van der Waals surface area (Å²) in [7, 11) is -3.83. The van der Waals surface area contributed by atoms with Crippen LogP contribution in [-0.2, 0) is 25.0 Å². The minimum atomic E-state index is -4.97. The highest BCUT2D eigenvalue weighted by molar-refractivity contribution is 7.92. The van der Waals surface area contributed by atoms with Crippen LogP contribution >= 0.6 is 0 Å². The first-order chi connectivity index (χ1) is 21.4. The second-order valence-electron chi connectivity index (χ2n) is 10.8. The molecule has 0 saturated heterocycles. The number of aromatic amines is 1. The Kier molecular flexibility index (Phi) is 9.51. The van der Waals surface area contributed by atoms with Crippen LogP contribution < -0.4 is 31.0 Å². The lowest BCUT2D eigenvalue weighted by atomic mass is 9.78. The molecule has 16 heteroatoms. The van der Waals surface area contributed by atoms with Crippen LogP contribution in [0.4, 0.5) is 24.5 Å². The zero-order valence-corrected chi connectivity index (χ0v) is 25.3. The van der Waals surface area contributed by atoms with Gasteiger partial charge in [-0.1, -0.05) is 32.0 Å². The first-order valence-electron chi connectivity index (χ1n) is 13.6. The van der Waals surface area contributed by atoms with Gasteiger partial charge in [-0.15, -0.1) is 13.2 Å². The molecule has 1 aromatic heterocycles. The lowest BCUT2D eigenvalue weighted by molar-refractivity contribution is -0.274. The molecule has 3 aromatic carbocycles. The van der Waals surface area contributed by atoms with Crippen molar-refractivity contribution in [3.8, 4) is 11.5 Å². The number of aromatic nitrogens is 1. The number of anilines is 2. The van der Waals surface area contributed by atoms with E-state index in [0.717, 1.165) is 6.07 Å². The van der Waals surface area contributed by atoms with E-state index >= 15 is 0 Å². The van der Waals surface area contributed by atoms with Crippen molar-refractivity contribution in [3.63, 3.8) is 0 Å². The summed E-state index contributed by atoms with van der Waals surface area (Å²) >= 11 is 0. The van der Waals surface area contributed by atoms with Crippen LogP contribution in [0, 0.1) is 0 Å². The summed E-state index contributed by atoms with van der Waals surface area (Å²) in [5.41, 5.74) is 11.4. The molecule has 0 aliphatic rings. The quantitative estimate of drug-likeness (QED) is 0.142. The molecule has 0 unspecified atom stereocenters. The Labute approximate surface area is 261 Å². The van der Waals surface area contributed by atoms with Crippen molar-refractivity contribution < 1.29 is 45.4 Å². The van der Waals surface area contributed by atoms with Crippen molar-refractivity contribution in [1.82, 2.24) is 4.98 Å². The van der Waals surface area contributed by atoms with Crippen molar-refractivity contribution in [2.75, 3.05) is 22.4 Å². The van der Waals surface area contributed by atoms with E-state index in [2.05, 4.69) is 19.8 Å². The van der Waals surface area contributed by atoms with Crippen LogP contribution in [0.15, 0.2) is 66.7 Å². The lowest BCUT2D eigenvalue weighted by Crippen LogP contribution is -2.23. The Morgan fingerprint density at radius 1 is 0.870 bits per heavy atom. The molecule has 0 bridgehead atoms. The minimum absolute atomic E-state index is 0.0616. The summed E-state index contributed by atoms with van der Waals surface area (Å²) in [6, 6.07) is 16.5. The van der Waals surface area contributed by atoms with E-state index in [1.807, 2.05) is 0 Å². The van der Waals surface area contributed by atoms with Crippen molar-refractivity contribution in [2.24, 2.45) is 11.5 Å². The molecule has 4 aromatic rings. The summed E-state index contributed by atoms with van der Waals surface area (Å²) in [4.78, 5) is 38.2. The van der Waals surface area contributed by atoms with Crippen molar-refractivity contribution in [2.45, 2.75) is 32.0 Å². The fourth-order valence-corrected chi connectivity index (χ4v) is 5.55. The number of sulfonamides is 1. The average molecular weight is 662 g/mol. The highest BCUT2D eigenvalue weighted by Crippen LogP contribution is 2.38. The highest BCUT2D eigenvalue weighted by Gasteiger charge is 2.33. The van der Waals surface area contributed by atoms with E-state index in [9.17, 15) is 36.0 Å².